The number of anilines is 1. The third-order valence-electron chi connectivity index (χ3n) is 7.90. The fraction of sp³-hybridized carbons (Fsp3) is 0.519. The molecule has 2 heterocycles. The van der Waals surface area contributed by atoms with Crippen LogP contribution in [0.1, 0.15) is 48.6 Å². The normalized spacial score (nSPS) is 25.3. The van der Waals surface area contributed by atoms with Gasteiger partial charge >= 0.3 is 0 Å². The zero-order valence-electron chi connectivity index (χ0n) is 20.7. The van der Waals surface area contributed by atoms with Crippen LogP contribution in [0.3, 0.4) is 0 Å². The maximum absolute atomic E-state index is 11.7. The summed E-state index contributed by atoms with van der Waals surface area (Å²) in [5.74, 6) is 0.0165. The van der Waals surface area contributed by atoms with E-state index in [1.54, 1.807) is 0 Å². The Bertz CT molecular complexity index is 1250. The zero-order chi connectivity index (χ0) is 25.4. The molecule has 1 saturated carbocycles. The molecular formula is C27H33ClN4O4. The van der Waals surface area contributed by atoms with Crippen LogP contribution in [0.25, 0.3) is 0 Å². The maximum Gasteiger partial charge on any atom is 0.271 e. The predicted molar refractivity (Wildman–Crippen MR) is 140 cm³/mol. The van der Waals surface area contributed by atoms with Gasteiger partial charge in [-0.3, -0.25) is 19.2 Å². The Morgan fingerprint density at radius 3 is 2.50 bits per heavy atom. The number of halogens is 1. The first-order chi connectivity index (χ1) is 17.3. The van der Waals surface area contributed by atoms with Gasteiger partial charge in [-0.2, -0.15) is 5.10 Å². The third-order valence-corrected chi connectivity index (χ3v) is 8.15. The average molecular weight is 513 g/mol. The van der Waals surface area contributed by atoms with Crippen LogP contribution in [0, 0.1) is 6.92 Å². The Morgan fingerprint density at radius 2 is 1.86 bits per heavy atom. The Balaban J connectivity index is 1.26. The minimum Gasteiger partial charge on any atom is -0.502 e. The van der Waals surface area contributed by atoms with Crippen LogP contribution >= 0.6 is 11.6 Å². The molecule has 0 radical (unpaired) electrons. The molecule has 3 aromatic rings. The summed E-state index contributed by atoms with van der Waals surface area (Å²) < 4.78 is 8.14. The van der Waals surface area contributed by atoms with Crippen LogP contribution in [-0.4, -0.2) is 57.7 Å². The monoisotopic (exact) mass is 512 g/mol. The van der Waals surface area contributed by atoms with Gasteiger partial charge in [0.1, 0.15) is 5.69 Å². The van der Waals surface area contributed by atoms with Gasteiger partial charge in [0.2, 0.25) is 0 Å². The topological polar surface area (TPSA) is 96.7 Å². The minimum absolute atomic E-state index is 0.00426. The molecule has 9 heteroatoms. The van der Waals surface area contributed by atoms with Gasteiger partial charge < -0.3 is 15.2 Å². The lowest BCUT2D eigenvalue weighted by Crippen LogP contribution is -2.56. The van der Waals surface area contributed by atoms with Gasteiger partial charge in [-0.05, 0) is 62.8 Å². The van der Waals surface area contributed by atoms with E-state index in [4.69, 9.17) is 21.4 Å². The van der Waals surface area contributed by atoms with Gasteiger partial charge in [-0.25, -0.2) is 0 Å². The maximum atomic E-state index is 11.7. The zero-order valence-corrected chi connectivity index (χ0v) is 21.5. The smallest absolute Gasteiger partial charge is 0.271 e. The molecule has 0 spiro atoms. The van der Waals surface area contributed by atoms with Crippen molar-refractivity contribution < 1.29 is 9.84 Å². The second-order valence-corrected chi connectivity index (χ2v) is 10.7. The highest BCUT2D eigenvalue weighted by atomic mass is 35.5. The van der Waals surface area contributed by atoms with Crippen molar-refractivity contribution in [3.63, 3.8) is 0 Å². The molecule has 0 bridgehead atoms. The molecule has 36 heavy (non-hydrogen) atoms. The Morgan fingerprint density at radius 1 is 1.14 bits per heavy atom. The minimum atomic E-state index is -0.827. The molecular weight excluding hydrogens is 480 g/mol. The molecule has 2 fully saturated rings. The quantitative estimate of drug-likeness (QED) is 0.469. The van der Waals surface area contributed by atoms with Crippen molar-refractivity contribution >= 4 is 17.3 Å². The van der Waals surface area contributed by atoms with Crippen molar-refractivity contribution in [3.05, 3.63) is 72.8 Å². The van der Waals surface area contributed by atoms with Gasteiger partial charge in [0.25, 0.3) is 10.9 Å². The van der Waals surface area contributed by atoms with E-state index in [1.165, 1.54) is 17.0 Å². The summed E-state index contributed by atoms with van der Waals surface area (Å²) in [5.41, 5.74) is 2.12. The summed E-state index contributed by atoms with van der Waals surface area (Å²) in [7, 11) is 2.00. The lowest BCUT2D eigenvalue weighted by Gasteiger charge is -2.46. The third kappa shape index (κ3) is 5.08. The predicted octanol–water partition coefficient (Wildman–Crippen LogP) is 3.13. The van der Waals surface area contributed by atoms with Gasteiger partial charge in [-0.1, -0.05) is 23.7 Å². The number of aromatic nitrogens is 2. The number of hydrogen-bond acceptors (Lipinski definition) is 7. The largest absolute Gasteiger partial charge is 0.502 e. The number of morpholine rings is 1. The van der Waals surface area contributed by atoms with E-state index in [0.29, 0.717) is 25.1 Å². The second-order valence-electron chi connectivity index (χ2n) is 10.2. The average Bonchev–Trinajstić information content (AvgIpc) is 3.23. The van der Waals surface area contributed by atoms with E-state index < -0.39 is 16.6 Å². The molecule has 0 amide bonds. The van der Waals surface area contributed by atoms with Gasteiger partial charge in [-0.15, -0.1) is 0 Å². The highest BCUT2D eigenvalue weighted by Crippen LogP contribution is 2.36. The number of rotatable bonds is 7. The van der Waals surface area contributed by atoms with Crippen molar-refractivity contribution in [2.75, 3.05) is 25.0 Å². The van der Waals surface area contributed by atoms with Crippen molar-refractivity contribution in [2.24, 2.45) is 7.05 Å². The lowest BCUT2D eigenvalue weighted by molar-refractivity contribution is -0.0789. The standard InChI is InChI=1S/C27H33ClN4O4/c1-16-11-23(30-31(16)2)18-5-9-20(10-6-18)32-14-22(13-29-24-25(33)27(35)26(24)34)36-15-21(32)12-17-3-7-19(28)8-4-17/h3-4,7-8,11,18,20-22,29,33H,5-6,9-10,12-15H2,1-2H3. The highest BCUT2D eigenvalue weighted by Gasteiger charge is 2.36. The molecule has 5 rings (SSSR count). The molecule has 1 aliphatic heterocycles. The highest BCUT2D eigenvalue weighted by molar-refractivity contribution is 6.30. The first-order valence-corrected chi connectivity index (χ1v) is 13.1. The van der Waals surface area contributed by atoms with E-state index in [9.17, 15) is 14.7 Å². The van der Waals surface area contributed by atoms with Crippen LogP contribution in [0.4, 0.5) is 5.69 Å². The van der Waals surface area contributed by atoms with E-state index in [2.05, 4.69) is 35.3 Å². The fourth-order valence-electron chi connectivity index (χ4n) is 5.67. The van der Waals surface area contributed by atoms with Crippen LogP contribution in [0.2, 0.25) is 5.02 Å². The Labute approximate surface area is 215 Å². The van der Waals surface area contributed by atoms with Crippen molar-refractivity contribution in [2.45, 2.75) is 63.1 Å². The first kappa shape index (κ1) is 25.0. The first-order valence-electron chi connectivity index (χ1n) is 12.7. The summed E-state index contributed by atoms with van der Waals surface area (Å²) in [6.45, 7) is 3.76. The second kappa shape index (κ2) is 10.4. The van der Waals surface area contributed by atoms with Crippen molar-refractivity contribution in [1.29, 1.82) is 0 Å². The van der Waals surface area contributed by atoms with E-state index >= 15 is 0 Å². The summed E-state index contributed by atoms with van der Waals surface area (Å²) >= 11 is 6.09. The number of aromatic hydroxyl groups is 1. The molecule has 8 nitrogen and oxygen atoms in total. The molecule has 192 valence electrons. The van der Waals surface area contributed by atoms with Gasteiger partial charge in [0, 0.05) is 48.9 Å². The van der Waals surface area contributed by atoms with Gasteiger partial charge in [0.05, 0.1) is 18.4 Å². The number of aryl methyl sites for hydroxylation is 2. The van der Waals surface area contributed by atoms with Crippen molar-refractivity contribution in [3.8, 4) is 5.75 Å². The summed E-state index contributed by atoms with van der Waals surface area (Å²) in [4.78, 5) is 25.6. The summed E-state index contributed by atoms with van der Waals surface area (Å²) in [6.07, 6.45) is 5.12. The van der Waals surface area contributed by atoms with E-state index in [0.717, 1.165) is 43.7 Å². The molecule has 1 saturated heterocycles. The summed E-state index contributed by atoms with van der Waals surface area (Å²) in [6, 6.07) is 10.9. The SMILES string of the molecule is Cc1cc(C2CCC(N3CC(CNc4c(O)c(=O)c4=O)OCC3Cc3ccc(Cl)cc3)CC2)nn1C. The molecule has 1 aromatic heterocycles. The van der Waals surface area contributed by atoms with E-state index in [-0.39, 0.29) is 17.8 Å². The van der Waals surface area contributed by atoms with Crippen LogP contribution in [0.15, 0.2) is 39.9 Å². The van der Waals surface area contributed by atoms with Crippen LogP contribution in [-0.2, 0) is 18.2 Å². The summed E-state index contributed by atoms with van der Waals surface area (Å²) in [5, 5.41) is 18.1. The van der Waals surface area contributed by atoms with Crippen LogP contribution < -0.4 is 16.2 Å². The Kier molecular flexibility index (Phi) is 7.19. The number of hydrogen-bond donors (Lipinski definition) is 2. The van der Waals surface area contributed by atoms with Gasteiger partial charge in [0.15, 0.2) is 5.75 Å². The lowest BCUT2D eigenvalue weighted by atomic mass is 9.82. The molecule has 2 atom stereocenters. The molecule has 2 N–H and O–H groups in total. The molecule has 2 aliphatic rings. The van der Waals surface area contributed by atoms with Crippen LogP contribution in [0.5, 0.6) is 5.75 Å². The Hall–Kier alpha value is -2.68. The number of ether oxygens (including phenoxy) is 1. The molecule has 1 aliphatic carbocycles. The number of nitrogens with zero attached hydrogens (tertiary/aromatic N) is 3. The number of nitrogens with one attached hydrogen (secondary N) is 1. The van der Waals surface area contributed by atoms with Crippen molar-refractivity contribution in [1.82, 2.24) is 14.7 Å². The van der Waals surface area contributed by atoms with E-state index in [1.807, 2.05) is 23.9 Å². The number of benzene rings is 1. The molecule has 2 unspecified atom stereocenters. The molecule has 2 aromatic carbocycles. The fourth-order valence-corrected chi connectivity index (χ4v) is 5.80.